The number of rotatable bonds is 7. The number of nitrogens with zero attached hydrogens (tertiary/aromatic N) is 1. The summed E-state index contributed by atoms with van der Waals surface area (Å²) in [7, 11) is 3.16. The van der Waals surface area contributed by atoms with Gasteiger partial charge >= 0.3 is 0 Å². The van der Waals surface area contributed by atoms with Gasteiger partial charge in [-0.05, 0) is 56.2 Å². The van der Waals surface area contributed by atoms with E-state index in [4.69, 9.17) is 25.8 Å². The van der Waals surface area contributed by atoms with Gasteiger partial charge in [0.15, 0.2) is 17.1 Å². The van der Waals surface area contributed by atoms with Gasteiger partial charge in [-0.25, -0.2) is 0 Å². The Morgan fingerprint density at radius 1 is 1.13 bits per heavy atom. The Morgan fingerprint density at radius 3 is 2.57 bits per heavy atom. The molecule has 0 saturated carbocycles. The maximum absolute atomic E-state index is 12.8. The molecule has 3 rings (SSSR count). The number of fused-ring (bicyclic) bond motifs is 1. The highest BCUT2D eigenvalue weighted by Gasteiger charge is 2.41. The van der Waals surface area contributed by atoms with E-state index in [1.807, 2.05) is 18.2 Å². The Labute approximate surface area is 180 Å². The SMILES string of the molecule is COc1ccc(CCNC(=O)CN2C(=O)C(C)(C)Oc3ccc(Cl)cc32)cc1OC. The van der Waals surface area contributed by atoms with Crippen molar-refractivity contribution in [3.8, 4) is 17.2 Å². The van der Waals surface area contributed by atoms with Crippen LogP contribution >= 0.6 is 11.6 Å². The standard InChI is InChI=1S/C22H25ClN2O5/c1-22(2)21(27)25(16-12-15(23)6-8-17(16)30-22)13-20(26)24-10-9-14-5-7-18(28-3)19(11-14)29-4/h5-8,11-12H,9-10,13H2,1-4H3,(H,24,26). The zero-order valence-corrected chi connectivity index (χ0v) is 18.2. The Kier molecular flexibility index (Phi) is 6.41. The molecular weight excluding hydrogens is 408 g/mol. The lowest BCUT2D eigenvalue weighted by molar-refractivity contribution is -0.134. The number of hydrogen-bond donors (Lipinski definition) is 1. The van der Waals surface area contributed by atoms with E-state index in [1.54, 1.807) is 46.3 Å². The summed E-state index contributed by atoms with van der Waals surface area (Å²) in [4.78, 5) is 26.8. The number of benzene rings is 2. The van der Waals surface area contributed by atoms with Crippen molar-refractivity contribution in [3.63, 3.8) is 0 Å². The smallest absolute Gasteiger partial charge is 0.271 e. The van der Waals surface area contributed by atoms with Gasteiger partial charge in [0.25, 0.3) is 5.91 Å². The first kappa shape index (κ1) is 21.8. The van der Waals surface area contributed by atoms with E-state index in [-0.39, 0.29) is 18.4 Å². The molecule has 0 atom stereocenters. The zero-order chi connectivity index (χ0) is 21.9. The molecule has 2 aromatic carbocycles. The van der Waals surface area contributed by atoms with E-state index >= 15 is 0 Å². The first-order valence-corrected chi connectivity index (χ1v) is 9.91. The van der Waals surface area contributed by atoms with E-state index in [9.17, 15) is 9.59 Å². The van der Waals surface area contributed by atoms with Crippen LogP contribution in [-0.2, 0) is 16.0 Å². The monoisotopic (exact) mass is 432 g/mol. The maximum Gasteiger partial charge on any atom is 0.271 e. The molecule has 1 aliphatic heterocycles. The van der Waals surface area contributed by atoms with Crippen molar-refractivity contribution in [2.75, 3.05) is 32.2 Å². The Bertz CT molecular complexity index is 961. The molecule has 8 heteroatoms. The van der Waals surface area contributed by atoms with Crippen molar-refractivity contribution in [2.24, 2.45) is 0 Å². The molecule has 1 N–H and O–H groups in total. The summed E-state index contributed by atoms with van der Waals surface area (Å²) >= 11 is 6.08. The van der Waals surface area contributed by atoms with Crippen LogP contribution in [0.5, 0.6) is 17.2 Å². The van der Waals surface area contributed by atoms with Crippen molar-refractivity contribution in [1.29, 1.82) is 0 Å². The lowest BCUT2D eigenvalue weighted by Crippen LogP contribution is -2.55. The highest BCUT2D eigenvalue weighted by molar-refractivity contribution is 6.31. The topological polar surface area (TPSA) is 77.1 Å². The van der Waals surface area contributed by atoms with E-state index in [0.717, 1.165) is 5.56 Å². The molecule has 1 aliphatic rings. The lowest BCUT2D eigenvalue weighted by Gasteiger charge is -2.38. The van der Waals surface area contributed by atoms with E-state index in [0.29, 0.717) is 40.9 Å². The summed E-state index contributed by atoms with van der Waals surface area (Å²) < 4.78 is 16.3. The molecule has 0 unspecified atom stereocenters. The van der Waals surface area contributed by atoms with Crippen LogP contribution in [0.4, 0.5) is 5.69 Å². The average molecular weight is 433 g/mol. The van der Waals surface area contributed by atoms with Gasteiger partial charge < -0.3 is 19.5 Å². The summed E-state index contributed by atoms with van der Waals surface area (Å²) in [6.45, 7) is 3.65. The third-order valence-corrected chi connectivity index (χ3v) is 5.06. The Morgan fingerprint density at radius 2 is 1.87 bits per heavy atom. The summed E-state index contributed by atoms with van der Waals surface area (Å²) in [6.07, 6.45) is 0.608. The fourth-order valence-electron chi connectivity index (χ4n) is 3.28. The van der Waals surface area contributed by atoms with E-state index < -0.39 is 5.60 Å². The second-order valence-electron chi connectivity index (χ2n) is 7.41. The quantitative estimate of drug-likeness (QED) is 0.726. The lowest BCUT2D eigenvalue weighted by atomic mass is 10.0. The van der Waals surface area contributed by atoms with Crippen LogP contribution in [0, 0.1) is 0 Å². The average Bonchev–Trinajstić information content (AvgIpc) is 2.71. The minimum atomic E-state index is -1.07. The Hall–Kier alpha value is -2.93. The largest absolute Gasteiger partial charge is 0.493 e. The normalized spacial score (nSPS) is 14.6. The first-order chi connectivity index (χ1) is 14.2. The van der Waals surface area contributed by atoms with E-state index in [1.165, 1.54) is 4.90 Å². The number of halogens is 1. The molecule has 0 saturated heterocycles. The van der Waals surface area contributed by atoms with Gasteiger partial charge in [-0.2, -0.15) is 0 Å². The van der Waals surface area contributed by atoms with Crippen molar-refractivity contribution in [1.82, 2.24) is 5.32 Å². The summed E-state index contributed by atoms with van der Waals surface area (Å²) in [6, 6.07) is 10.6. The van der Waals surface area contributed by atoms with Gasteiger partial charge in [0.05, 0.1) is 19.9 Å². The molecule has 0 spiro atoms. The molecule has 30 heavy (non-hydrogen) atoms. The second kappa shape index (κ2) is 8.83. The van der Waals surface area contributed by atoms with Crippen molar-refractivity contribution in [3.05, 3.63) is 47.0 Å². The maximum atomic E-state index is 12.8. The molecule has 0 aromatic heterocycles. The first-order valence-electron chi connectivity index (χ1n) is 9.53. The van der Waals surface area contributed by atoms with Crippen LogP contribution < -0.4 is 24.4 Å². The molecule has 0 fully saturated rings. The van der Waals surface area contributed by atoms with Gasteiger partial charge in [-0.15, -0.1) is 0 Å². The summed E-state index contributed by atoms with van der Waals surface area (Å²) in [5, 5.41) is 3.32. The number of nitrogens with one attached hydrogen (secondary N) is 1. The number of ether oxygens (including phenoxy) is 3. The van der Waals surface area contributed by atoms with Gasteiger partial charge in [0.2, 0.25) is 5.91 Å². The van der Waals surface area contributed by atoms with Crippen LogP contribution in [0.25, 0.3) is 0 Å². The molecule has 0 aliphatic carbocycles. The third-order valence-electron chi connectivity index (χ3n) is 4.82. The number of hydrogen-bond acceptors (Lipinski definition) is 5. The molecule has 2 amide bonds. The molecule has 160 valence electrons. The molecular formula is C22H25ClN2O5. The van der Waals surface area contributed by atoms with Crippen molar-refractivity contribution < 1.29 is 23.8 Å². The predicted molar refractivity (Wildman–Crippen MR) is 115 cm³/mol. The van der Waals surface area contributed by atoms with Crippen LogP contribution in [0.2, 0.25) is 5.02 Å². The van der Waals surface area contributed by atoms with Crippen molar-refractivity contribution >= 4 is 29.1 Å². The number of amides is 2. The summed E-state index contributed by atoms with van der Waals surface area (Å²) in [5.41, 5.74) is 0.413. The minimum absolute atomic E-state index is 0.120. The predicted octanol–water partition coefficient (Wildman–Crippen LogP) is 3.22. The van der Waals surface area contributed by atoms with Crippen LogP contribution in [0.15, 0.2) is 36.4 Å². The molecule has 2 aromatic rings. The van der Waals surface area contributed by atoms with Crippen LogP contribution in [0.1, 0.15) is 19.4 Å². The van der Waals surface area contributed by atoms with Gasteiger partial charge in [-0.3, -0.25) is 14.5 Å². The highest BCUT2D eigenvalue weighted by atomic mass is 35.5. The number of methoxy groups -OCH3 is 2. The highest BCUT2D eigenvalue weighted by Crippen LogP contribution is 2.39. The van der Waals surface area contributed by atoms with Crippen molar-refractivity contribution in [2.45, 2.75) is 25.9 Å². The molecule has 1 heterocycles. The summed E-state index contributed by atoms with van der Waals surface area (Å²) in [5.74, 6) is 1.23. The van der Waals surface area contributed by atoms with Crippen LogP contribution in [-0.4, -0.2) is 44.7 Å². The fourth-order valence-corrected chi connectivity index (χ4v) is 3.45. The zero-order valence-electron chi connectivity index (χ0n) is 17.5. The second-order valence-corrected chi connectivity index (χ2v) is 7.84. The molecule has 0 radical (unpaired) electrons. The van der Waals surface area contributed by atoms with Gasteiger partial charge in [0, 0.05) is 11.6 Å². The number of carbonyl (C=O) groups excluding carboxylic acids is 2. The van der Waals surface area contributed by atoms with Gasteiger partial charge in [-0.1, -0.05) is 17.7 Å². The van der Waals surface area contributed by atoms with Gasteiger partial charge in [0.1, 0.15) is 12.3 Å². The molecule has 0 bridgehead atoms. The molecule has 7 nitrogen and oxygen atoms in total. The number of anilines is 1. The fraction of sp³-hybridized carbons (Fsp3) is 0.364. The number of carbonyl (C=O) groups is 2. The van der Waals surface area contributed by atoms with Crippen LogP contribution in [0.3, 0.4) is 0 Å². The Balaban J connectivity index is 1.65. The van der Waals surface area contributed by atoms with E-state index in [2.05, 4.69) is 5.32 Å². The minimum Gasteiger partial charge on any atom is -0.493 e. The third kappa shape index (κ3) is 4.62.